The van der Waals surface area contributed by atoms with E-state index in [9.17, 15) is 0 Å². The minimum Gasteiger partial charge on any atom is -0.315 e. The fraction of sp³-hybridized carbons (Fsp3) is 1.00. The van der Waals surface area contributed by atoms with E-state index in [0.29, 0.717) is 10.2 Å². The first-order valence-corrected chi connectivity index (χ1v) is 12.3. The average Bonchev–Trinajstić information content (AvgIpc) is 2.40. The average molecular weight is 390 g/mol. The first-order valence-electron chi connectivity index (χ1n) is 10.2. The zero-order valence-electron chi connectivity index (χ0n) is 19.1. The molecule has 0 spiro atoms. The topological polar surface area (TPSA) is 12.0 Å². The molecule has 1 nitrogen and oxygen atoms in total. The van der Waals surface area contributed by atoms with Crippen LogP contribution in [0.4, 0.5) is 0 Å². The molecule has 152 valence electrons. The maximum Gasteiger partial charge on any atom is 0.0224 e. The van der Waals surface area contributed by atoms with Crippen LogP contribution >= 0.6 is 21.6 Å². The zero-order valence-corrected chi connectivity index (χ0v) is 20.8. The van der Waals surface area contributed by atoms with E-state index in [1.807, 2.05) is 0 Å². The highest BCUT2D eigenvalue weighted by molar-refractivity contribution is 8.77. The molecule has 0 radical (unpaired) electrons. The highest BCUT2D eigenvalue weighted by Crippen LogP contribution is 2.50. The lowest BCUT2D eigenvalue weighted by Gasteiger charge is -2.39. The molecule has 0 aromatic carbocycles. The predicted octanol–water partition coefficient (Wildman–Crippen LogP) is 7.95. The Kier molecular flexibility index (Phi) is 10.5. The molecule has 0 saturated carbocycles. The van der Waals surface area contributed by atoms with Gasteiger partial charge in [0.25, 0.3) is 0 Å². The van der Waals surface area contributed by atoms with Crippen LogP contribution in [0.15, 0.2) is 0 Å². The predicted molar refractivity (Wildman–Crippen MR) is 123 cm³/mol. The molecule has 0 saturated heterocycles. The quantitative estimate of drug-likeness (QED) is 0.321. The van der Waals surface area contributed by atoms with Crippen molar-refractivity contribution in [3.8, 4) is 0 Å². The zero-order chi connectivity index (χ0) is 19.9. The second kappa shape index (κ2) is 10.3. The number of hydrogen-bond acceptors (Lipinski definition) is 3. The molecule has 0 aliphatic carbocycles. The third-order valence-electron chi connectivity index (χ3n) is 4.89. The Morgan fingerprint density at radius 2 is 1.32 bits per heavy atom. The molecule has 0 rings (SSSR count). The Balaban J connectivity index is 4.60. The van der Waals surface area contributed by atoms with Gasteiger partial charge in [0.15, 0.2) is 0 Å². The summed E-state index contributed by atoms with van der Waals surface area (Å²) in [7, 11) is 6.25. The number of hydrogen-bond donors (Lipinski definition) is 1. The molecule has 0 heterocycles. The fourth-order valence-corrected chi connectivity index (χ4v) is 7.29. The minimum absolute atomic E-state index is 0.190. The van der Waals surface area contributed by atoms with Crippen molar-refractivity contribution in [2.75, 3.05) is 7.05 Å². The molecule has 1 unspecified atom stereocenters. The van der Waals surface area contributed by atoms with Crippen LogP contribution in [0, 0.1) is 11.3 Å². The molecule has 0 aromatic rings. The lowest BCUT2D eigenvalue weighted by atomic mass is 9.76. The molecule has 0 amide bonds. The van der Waals surface area contributed by atoms with Gasteiger partial charge >= 0.3 is 0 Å². The summed E-state index contributed by atoms with van der Waals surface area (Å²) in [5.41, 5.74) is 0.605. The summed E-state index contributed by atoms with van der Waals surface area (Å²) in [6, 6.07) is 0. The highest BCUT2D eigenvalue weighted by Gasteiger charge is 2.34. The van der Waals surface area contributed by atoms with Crippen molar-refractivity contribution >= 4 is 21.6 Å². The smallest absolute Gasteiger partial charge is 0.0224 e. The third-order valence-corrected chi connectivity index (χ3v) is 9.12. The molecular formula is C22H47NS2. The summed E-state index contributed by atoms with van der Waals surface area (Å²) in [5.74, 6) is 0.844. The lowest BCUT2D eigenvalue weighted by Crippen LogP contribution is -2.41. The Hall–Kier alpha value is 0.660. The summed E-state index contributed by atoms with van der Waals surface area (Å²) in [6.07, 6.45) is 7.87. The number of rotatable bonds is 13. The van der Waals surface area contributed by atoms with Crippen LogP contribution in [0.2, 0.25) is 0 Å². The van der Waals surface area contributed by atoms with Crippen LogP contribution < -0.4 is 5.32 Å². The van der Waals surface area contributed by atoms with Crippen molar-refractivity contribution in [1.82, 2.24) is 5.32 Å². The van der Waals surface area contributed by atoms with Crippen LogP contribution in [-0.4, -0.2) is 22.1 Å². The van der Waals surface area contributed by atoms with E-state index in [0.717, 1.165) is 5.92 Å². The Labute approximate surface area is 168 Å². The molecule has 25 heavy (non-hydrogen) atoms. The molecule has 1 atom stereocenters. The van der Waals surface area contributed by atoms with Crippen LogP contribution in [0.25, 0.3) is 0 Å². The van der Waals surface area contributed by atoms with Gasteiger partial charge in [-0.3, -0.25) is 0 Å². The maximum atomic E-state index is 3.45. The fourth-order valence-electron chi connectivity index (χ4n) is 4.26. The van der Waals surface area contributed by atoms with Crippen molar-refractivity contribution < 1.29 is 0 Å². The van der Waals surface area contributed by atoms with E-state index in [1.54, 1.807) is 0 Å². The molecule has 0 aliphatic heterocycles. The highest BCUT2D eigenvalue weighted by atomic mass is 33.1. The van der Waals surface area contributed by atoms with Gasteiger partial charge in [0, 0.05) is 15.0 Å². The first-order chi connectivity index (χ1) is 11.1. The van der Waals surface area contributed by atoms with Gasteiger partial charge < -0.3 is 5.32 Å². The second-order valence-corrected chi connectivity index (χ2v) is 14.3. The third kappa shape index (κ3) is 12.6. The van der Waals surface area contributed by atoms with Gasteiger partial charge in [-0.2, -0.15) is 0 Å². The van der Waals surface area contributed by atoms with E-state index in [2.05, 4.69) is 103 Å². The maximum absolute atomic E-state index is 3.45. The van der Waals surface area contributed by atoms with Crippen LogP contribution in [0.1, 0.15) is 108 Å². The molecule has 3 heteroatoms. The number of unbranched alkanes of at least 4 members (excludes halogenated alkanes) is 1. The lowest BCUT2D eigenvalue weighted by molar-refractivity contribution is 0.230. The van der Waals surface area contributed by atoms with Gasteiger partial charge in [-0.05, 0) is 79.2 Å². The molecule has 0 aliphatic rings. The van der Waals surface area contributed by atoms with Gasteiger partial charge in [0.05, 0.1) is 0 Å². The first kappa shape index (κ1) is 25.7. The van der Waals surface area contributed by atoms with E-state index in [1.165, 1.54) is 38.5 Å². The van der Waals surface area contributed by atoms with Crippen molar-refractivity contribution in [1.29, 1.82) is 0 Å². The van der Waals surface area contributed by atoms with Crippen molar-refractivity contribution in [2.45, 2.75) is 123 Å². The van der Waals surface area contributed by atoms with Crippen molar-refractivity contribution in [2.24, 2.45) is 11.3 Å². The Morgan fingerprint density at radius 3 is 1.76 bits per heavy atom. The summed E-state index contributed by atoms with van der Waals surface area (Å²) in [6.45, 7) is 23.9. The van der Waals surface area contributed by atoms with Crippen molar-refractivity contribution in [3.05, 3.63) is 0 Å². The molecule has 0 bridgehead atoms. The molecule has 0 aromatic heterocycles. The largest absolute Gasteiger partial charge is 0.315 e. The Bertz CT molecular complexity index is 372. The summed E-state index contributed by atoms with van der Waals surface area (Å²) in [4.78, 5) is 0. The molecular weight excluding hydrogens is 342 g/mol. The summed E-state index contributed by atoms with van der Waals surface area (Å²) in [5, 5.41) is 3.45. The van der Waals surface area contributed by atoms with E-state index < -0.39 is 0 Å². The van der Waals surface area contributed by atoms with Gasteiger partial charge in [-0.15, -0.1) is 0 Å². The monoisotopic (exact) mass is 389 g/mol. The van der Waals surface area contributed by atoms with E-state index in [-0.39, 0.29) is 10.3 Å². The van der Waals surface area contributed by atoms with Crippen LogP contribution in [0.5, 0.6) is 0 Å². The molecule has 1 N–H and O–H groups in total. The standard InChI is InChI=1S/C22H47NS2/c1-12-13-14-18(2)15-19(3,4)16-21(7,8)24-25-22(9,10)17-20(5,6)23-11/h18,23H,12-17H2,1-11H3. The van der Waals surface area contributed by atoms with Gasteiger partial charge in [-0.1, -0.05) is 68.5 Å². The number of nitrogens with one attached hydrogen (secondary N) is 1. The van der Waals surface area contributed by atoms with Gasteiger partial charge in [0.1, 0.15) is 0 Å². The normalized spacial score (nSPS) is 15.5. The van der Waals surface area contributed by atoms with Crippen LogP contribution in [0.3, 0.4) is 0 Å². The van der Waals surface area contributed by atoms with Crippen LogP contribution in [-0.2, 0) is 0 Å². The minimum atomic E-state index is 0.190. The SMILES string of the molecule is CCCCC(C)CC(C)(C)CC(C)(C)SSC(C)(C)CC(C)(C)NC. The summed E-state index contributed by atoms with van der Waals surface area (Å²) < 4.78 is 0.576. The molecule has 0 fully saturated rings. The van der Waals surface area contributed by atoms with E-state index >= 15 is 0 Å². The van der Waals surface area contributed by atoms with E-state index in [4.69, 9.17) is 0 Å². The van der Waals surface area contributed by atoms with Gasteiger partial charge in [-0.25, -0.2) is 0 Å². The van der Waals surface area contributed by atoms with Gasteiger partial charge in [0.2, 0.25) is 0 Å². The van der Waals surface area contributed by atoms with Crippen molar-refractivity contribution in [3.63, 3.8) is 0 Å². The summed E-state index contributed by atoms with van der Waals surface area (Å²) >= 11 is 0. The second-order valence-electron chi connectivity index (χ2n) is 10.8. The Morgan fingerprint density at radius 1 is 0.840 bits per heavy atom.